The van der Waals surface area contributed by atoms with Crippen molar-refractivity contribution in [2.45, 2.75) is 26.4 Å². The summed E-state index contributed by atoms with van der Waals surface area (Å²) in [5, 5.41) is 0.626. The summed E-state index contributed by atoms with van der Waals surface area (Å²) < 4.78 is 5.41. The average Bonchev–Trinajstić information content (AvgIpc) is 2.32. The Morgan fingerprint density at radius 2 is 2.06 bits per heavy atom. The average molecular weight is 258 g/mol. The first-order chi connectivity index (χ1) is 8.13. The molecule has 0 bridgehead atoms. The van der Waals surface area contributed by atoms with Crippen molar-refractivity contribution in [3.63, 3.8) is 0 Å². The molecule has 1 N–H and O–H groups in total. The van der Waals surface area contributed by atoms with Gasteiger partial charge in [0.25, 0.3) is 5.91 Å². The quantitative estimate of drug-likeness (QED) is 0.629. The first-order valence-electron chi connectivity index (χ1n) is 5.47. The van der Waals surface area contributed by atoms with Crippen LogP contribution in [0.5, 0.6) is 5.75 Å². The summed E-state index contributed by atoms with van der Waals surface area (Å²) in [7, 11) is 0. The van der Waals surface area contributed by atoms with Crippen molar-refractivity contribution < 1.29 is 14.4 Å². The lowest BCUT2D eigenvalue weighted by atomic mass is 10.3. The van der Waals surface area contributed by atoms with Crippen LogP contribution in [0.2, 0.25) is 5.02 Å². The van der Waals surface area contributed by atoms with Gasteiger partial charge in [0.15, 0.2) is 6.10 Å². The van der Waals surface area contributed by atoms with E-state index in [1.54, 1.807) is 31.2 Å². The molecule has 0 saturated heterocycles. The summed E-state index contributed by atoms with van der Waals surface area (Å²) in [4.78, 5) is 16.4. The second kappa shape index (κ2) is 7.14. The molecular weight excluding hydrogens is 242 g/mol. The summed E-state index contributed by atoms with van der Waals surface area (Å²) in [6, 6.07) is 6.82. The Hall–Kier alpha value is -1.26. The van der Waals surface area contributed by atoms with Gasteiger partial charge in [-0.2, -0.15) is 0 Å². The van der Waals surface area contributed by atoms with Crippen LogP contribution in [0.25, 0.3) is 0 Å². The molecule has 0 unspecified atom stereocenters. The molecule has 1 atom stereocenters. The lowest BCUT2D eigenvalue weighted by molar-refractivity contribution is -0.140. The molecule has 1 aromatic carbocycles. The van der Waals surface area contributed by atoms with Gasteiger partial charge < -0.3 is 4.74 Å². The highest BCUT2D eigenvalue weighted by Gasteiger charge is 2.14. The number of carbonyl (C=O) groups is 1. The highest BCUT2D eigenvalue weighted by Crippen LogP contribution is 2.16. The molecule has 4 nitrogen and oxygen atoms in total. The van der Waals surface area contributed by atoms with E-state index in [0.717, 1.165) is 6.42 Å². The smallest absolute Gasteiger partial charge is 0.284 e. The van der Waals surface area contributed by atoms with E-state index in [1.165, 1.54) is 0 Å². The Balaban J connectivity index is 2.40. The SMILES string of the molecule is CCCONC(=O)[C@H](C)Oc1ccc(Cl)cc1. The minimum absolute atomic E-state index is 0.312. The van der Waals surface area contributed by atoms with E-state index in [4.69, 9.17) is 21.2 Å². The van der Waals surface area contributed by atoms with Crippen LogP contribution in [0.15, 0.2) is 24.3 Å². The third-order valence-corrected chi connectivity index (χ3v) is 2.23. The van der Waals surface area contributed by atoms with Crippen LogP contribution in [-0.2, 0) is 9.63 Å². The van der Waals surface area contributed by atoms with Crippen molar-refractivity contribution in [2.24, 2.45) is 0 Å². The van der Waals surface area contributed by atoms with E-state index in [9.17, 15) is 4.79 Å². The van der Waals surface area contributed by atoms with Crippen molar-refractivity contribution in [3.8, 4) is 5.75 Å². The number of rotatable bonds is 6. The van der Waals surface area contributed by atoms with Crippen molar-refractivity contribution in [1.82, 2.24) is 5.48 Å². The van der Waals surface area contributed by atoms with Crippen molar-refractivity contribution in [2.75, 3.05) is 6.61 Å². The number of benzene rings is 1. The Labute approximate surface area is 106 Å². The van der Waals surface area contributed by atoms with Crippen LogP contribution >= 0.6 is 11.6 Å². The predicted molar refractivity (Wildman–Crippen MR) is 65.9 cm³/mol. The molecule has 17 heavy (non-hydrogen) atoms. The monoisotopic (exact) mass is 257 g/mol. The zero-order valence-electron chi connectivity index (χ0n) is 9.90. The molecule has 1 rings (SSSR count). The molecule has 0 radical (unpaired) electrons. The molecular formula is C12H16ClNO3. The molecule has 0 aromatic heterocycles. The summed E-state index contributed by atoms with van der Waals surface area (Å²) in [5.41, 5.74) is 2.32. The van der Waals surface area contributed by atoms with E-state index < -0.39 is 6.10 Å². The van der Waals surface area contributed by atoms with Gasteiger partial charge in [-0.3, -0.25) is 9.63 Å². The minimum Gasteiger partial charge on any atom is -0.481 e. The number of hydrogen-bond donors (Lipinski definition) is 1. The summed E-state index contributed by atoms with van der Waals surface area (Å²) in [6.45, 7) is 4.10. The Morgan fingerprint density at radius 1 is 1.41 bits per heavy atom. The van der Waals surface area contributed by atoms with Crippen LogP contribution < -0.4 is 10.2 Å². The first-order valence-corrected chi connectivity index (χ1v) is 5.85. The zero-order valence-corrected chi connectivity index (χ0v) is 10.7. The topological polar surface area (TPSA) is 47.6 Å². The number of nitrogens with one attached hydrogen (secondary N) is 1. The maximum absolute atomic E-state index is 11.5. The van der Waals surface area contributed by atoms with Gasteiger partial charge in [-0.1, -0.05) is 18.5 Å². The minimum atomic E-state index is -0.618. The van der Waals surface area contributed by atoms with Gasteiger partial charge in [-0.25, -0.2) is 5.48 Å². The first kappa shape index (κ1) is 13.8. The van der Waals surface area contributed by atoms with Crippen molar-refractivity contribution in [1.29, 1.82) is 0 Å². The highest BCUT2D eigenvalue weighted by atomic mass is 35.5. The molecule has 0 saturated carbocycles. The second-order valence-electron chi connectivity index (χ2n) is 3.53. The van der Waals surface area contributed by atoms with Crippen LogP contribution in [0.3, 0.4) is 0 Å². The third kappa shape index (κ3) is 5.06. The number of amides is 1. The molecule has 94 valence electrons. The Morgan fingerprint density at radius 3 is 2.65 bits per heavy atom. The fourth-order valence-corrected chi connectivity index (χ4v) is 1.20. The lowest BCUT2D eigenvalue weighted by Crippen LogP contribution is -2.36. The maximum atomic E-state index is 11.5. The fourth-order valence-electron chi connectivity index (χ4n) is 1.08. The number of ether oxygens (including phenoxy) is 1. The lowest BCUT2D eigenvalue weighted by Gasteiger charge is -2.14. The molecule has 1 aromatic rings. The standard InChI is InChI=1S/C12H16ClNO3/c1-3-8-16-14-12(15)9(2)17-11-6-4-10(13)5-7-11/h4-7,9H,3,8H2,1-2H3,(H,14,15)/t9-/m0/s1. The van der Waals surface area contributed by atoms with E-state index >= 15 is 0 Å². The molecule has 1 amide bonds. The van der Waals surface area contributed by atoms with Crippen LogP contribution in [0, 0.1) is 0 Å². The van der Waals surface area contributed by atoms with Gasteiger partial charge in [0.1, 0.15) is 5.75 Å². The number of halogens is 1. The van der Waals surface area contributed by atoms with Crippen molar-refractivity contribution >= 4 is 17.5 Å². The van der Waals surface area contributed by atoms with E-state index in [2.05, 4.69) is 5.48 Å². The number of hydroxylamine groups is 1. The van der Waals surface area contributed by atoms with E-state index in [1.807, 2.05) is 6.92 Å². The van der Waals surface area contributed by atoms with E-state index in [-0.39, 0.29) is 5.91 Å². The molecule has 0 aliphatic rings. The van der Waals surface area contributed by atoms with Gasteiger partial charge in [0.2, 0.25) is 0 Å². The van der Waals surface area contributed by atoms with E-state index in [0.29, 0.717) is 17.4 Å². The van der Waals surface area contributed by atoms with Crippen LogP contribution in [0.4, 0.5) is 0 Å². The van der Waals surface area contributed by atoms with Crippen molar-refractivity contribution in [3.05, 3.63) is 29.3 Å². The number of carbonyl (C=O) groups excluding carboxylic acids is 1. The molecule has 0 aliphatic heterocycles. The van der Waals surface area contributed by atoms with Gasteiger partial charge in [0, 0.05) is 5.02 Å². The third-order valence-electron chi connectivity index (χ3n) is 1.97. The maximum Gasteiger partial charge on any atom is 0.284 e. The summed E-state index contributed by atoms with van der Waals surface area (Å²) in [5.74, 6) is 0.279. The molecule has 0 aliphatic carbocycles. The zero-order chi connectivity index (χ0) is 12.7. The molecule has 5 heteroatoms. The normalized spacial score (nSPS) is 11.9. The fraction of sp³-hybridized carbons (Fsp3) is 0.417. The summed E-state index contributed by atoms with van der Waals surface area (Å²) >= 11 is 5.74. The second-order valence-corrected chi connectivity index (χ2v) is 3.97. The number of hydrogen-bond acceptors (Lipinski definition) is 3. The molecule has 0 fully saturated rings. The van der Waals surface area contributed by atoms with Crippen LogP contribution in [0.1, 0.15) is 20.3 Å². The largest absolute Gasteiger partial charge is 0.481 e. The Bertz CT molecular complexity index is 353. The predicted octanol–water partition coefficient (Wildman–Crippen LogP) is 2.57. The Kier molecular flexibility index (Phi) is 5.80. The van der Waals surface area contributed by atoms with Gasteiger partial charge in [-0.15, -0.1) is 0 Å². The molecule has 0 heterocycles. The van der Waals surface area contributed by atoms with Crippen LogP contribution in [-0.4, -0.2) is 18.6 Å². The summed E-state index contributed by atoms with van der Waals surface area (Å²) in [6.07, 6.45) is 0.222. The molecule has 0 spiro atoms. The van der Waals surface area contributed by atoms with Gasteiger partial charge >= 0.3 is 0 Å². The van der Waals surface area contributed by atoms with Gasteiger partial charge in [-0.05, 0) is 37.6 Å². The van der Waals surface area contributed by atoms with Gasteiger partial charge in [0.05, 0.1) is 6.61 Å². The highest BCUT2D eigenvalue weighted by molar-refractivity contribution is 6.30.